The third kappa shape index (κ3) is 2.63. The molecule has 0 spiro atoms. The molecule has 1 aliphatic rings. The summed E-state index contributed by atoms with van der Waals surface area (Å²) in [5, 5.41) is 1.86. The molecule has 3 heterocycles. The molecule has 0 amide bonds. The minimum Gasteiger partial charge on any atom is -0.462 e. The summed E-state index contributed by atoms with van der Waals surface area (Å²) in [4.78, 5) is 25.5. The molecule has 3 rings (SSSR count). The first kappa shape index (κ1) is 15.4. The third-order valence-corrected chi connectivity index (χ3v) is 4.40. The summed E-state index contributed by atoms with van der Waals surface area (Å²) in [7, 11) is 0. The van der Waals surface area contributed by atoms with Crippen molar-refractivity contribution in [1.29, 1.82) is 0 Å². The Balaban J connectivity index is 2.24. The lowest BCUT2D eigenvalue weighted by molar-refractivity contribution is -0.139. The van der Waals surface area contributed by atoms with Crippen molar-refractivity contribution >= 4 is 17.3 Å². The number of hydrogen-bond donors (Lipinski definition) is 1. The summed E-state index contributed by atoms with van der Waals surface area (Å²) >= 11 is 1.41. The maximum absolute atomic E-state index is 12.4. The first-order valence-electron chi connectivity index (χ1n) is 7.05. The van der Waals surface area contributed by atoms with Crippen LogP contribution in [0, 0.1) is 6.92 Å². The number of ether oxygens (including phenoxy) is 2. The highest BCUT2D eigenvalue weighted by Gasteiger charge is 2.38. The van der Waals surface area contributed by atoms with Gasteiger partial charge in [-0.2, -0.15) is 0 Å². The van der Waals surface area contributed by atoms with Crippen LogP contribution < -0.4 is 16.1 Å². The van der Waals surface area contributed by atoms with Gasteiger partial charge < -0.3 is 19.6 Å². The first-order valence-corrected chi connectivity index (χ1v) is 7.93. The minimum absolute atomic E-state index is 0.0562. The van der Waals surface area contributed by atoms with Gasteiger partial charge >= 0.3 is 11.6 Å². The number of esters is 1. The van der Waals surface area contributed by atoms with E-state index in [1.807, 2.05) is 17.5 Å². The summed E-state index contributed by atoms with van der Waals surface area (Å²) in [6.45, 7) is 3.54. The van der Waals surface area contributed by atoms with Gasteiger partial charge in [0.15, 0.2) is 0 Å². The van der Waals surface area contributed by atoms with Crippen LogP contribution in [0.5, 0.6) is 5.75 Å². The summed E-state index contributed by atoms with van der Waals surface area (Å²) in [6.07, 6.45) is 0. The number of aryl methyl sites for hydroxylation is 1. The second-order valence-corrected chi connectivity index (χ2v) is 5.95. The molecule has 1 aliphatic heterocycles. The molecule has 0 fully saturated rings. The Bertz CT molecular complexity index is 835. The van der Waals surface area contributed by atoms with Crippen LogP contribution in [0.3, 0.4) is 0 Å². The quantitative estimate of drug-likeness (QED) is 0.866. The molecule has 120 valence electrons. The molecule has 0 saturated carbocycles. The molecule has 7 heteroatoms. The van der Waals surface area contributed by atoms with Gasteiger partial charge in [0.25, 0.3) is 0 Å². The SMILES string of the molecule is CCOC(=O)C1=C(N)Oc2cc(C)oc(=O)c2[C@H]1c1cccs1. The maximum atomic E-state index is 12.4. The Hall–Kier alpha value is -2.54. The van der Waals surface area contributed by atoms with Gasteiger partial charge in [0.1, 0.15) is 17.1 Å². The lowest BCUT2D eigenvalue weighted by Gasteiger charge is -2.26. The van der Waals surface area contributed by atoms with Crippen LogP contribution >= 0.6 is 11.3 Å². The van der Waals surface area contributed by atoms with Crippen LogP contribution in [0.2, 0.25) is 0 Å². The number of fused-ring (bicyclic) bond motifs is 1. The van der Waals surface area contributed by atoms with Crippen molar-refractivity contribution in [2.75, 3.05) is 6.61 Å². The standard InChI is InChI=1S/C16H15NO5S/c1-3-20-15(18)13-12(10-5-4-6-23-10)11-9(22-14(13)17)7-8(2)21-16(11)19/h4-7,12H,3,17H2,1-2H3/t12-/m1/s1. The lowest BCUT2D eigenvalue weighted by atomic mass is 9.88. The number of thiophene rings is 1. The summed E-state index contributed by atoms with van der Waals surface area (Å²) in [6, 6.07) is 5.26. The zero-order valence-corrected chi connectivity index (χ0v) is 13.4. The number of carbonyl (C=O) groups excluding carboxylic acids is 1. The van der Waals surface area contributed by atoms with E-state index in [0.717, 1.165) is 4.88 Å². The van der Waals surface area contributed by atoms with Crippen molar-refractivity contribution in [3.05, 3.63) is 61.7 Å². The summed E-state index contributed by atoms with van der Waals surface area (Å²) in [5.74, 6) is -0.600. The topological polar surface area (TPSA) is 91.8 Å². The number of nitrogens with two attached hydrogens (primary N) is 1. The molecule has 2 aromatic heterocycles. The Morgan fingerprint density at radius 3 is 2.91 bits per heavy atom. The van der Waals surface area contributed by atoms with Gasteiger partial charge in [-0.05, 0) is 25.3 Å². The number of rotatable bonds is 3. The van der Waals surface area contributed by atoms with E-state index < -0.39 is 17.5 Å². The van der Waals surface area contributed by atoms with Gasteiger partial charge in [-0.3, -0.25) is 0 Å². The van der Waals surface area contributed by atoms with Crippen LogP contribution in [0.1, 0.15) is 29.0 Å². The summed E-state index contributed by atoms with van der Waals surface area (Å²) < 4.78 is 15.8. The van der Waals surface area contributed by atoms with Crippen molar-refractivity contribution in [3.63, 3.8) is 0 Å². The Morgan fingerprint density at radius 2 is 2.26 bits per heavy atom. The molecule has 6 nitrogen and oxygen atoms in total. The van der Waals surface area contributed by atoms with Crippen LogP contribution in [-0.2, 0) is 9.53 Å². The van der Waals surface area contributed by atoms with Gasteiger partial charge in [0, 0.05) is 10.9 Å². The normalized spacial score (nSPS) is 16.7. The van der Waals surface area contributed by atoms with Gasteiger partial charge in [0.05, 0.1) is 18.1 Å². The van der Waals surface area contributed by atoms with Crippen LogP contribution in [0.15, 0.2) is 44.2 Å². The molecular weight excluding hydrogens is 318 g/mol. The molecule has 0 unspecified atom stereocenters. The largest absolute Gasteiger partial charge is 0.462 e. The predicted octanol–water partition coefficient (Wildman–Crippen LogP) is 2.27. The molecule has 2 N–H and O–H groups in total. The van der Waals surface area contributed by atoms with Crippen molar-refractivity contribution in [1.82, 2.24) is 0 Å². The highest BCUT2D eigenvalue weighted by molar-refractivity contribution is 7.10. The molecule has 1 atom stereocenters. The minimum atomic E-state index is -0.658. The van der Waals surface area contributed by atoms with E-state index in [0.29, 0.717) is 11.5 Å². The third-order valence-electron chi connectivity index (χ3n) is 3.46. The zero-order valence-electron chi connectivity index (χ0n) is 12.6. The maximum Gasteiger partial charge on any atom is 0.343 e. The van der Waals surface area contributed by atoms with Gasteiger partial charge in [0.2, 0.25) is 5.88 Å². The highest BCUT2D eigenvalue weighted by atomic mass is 32.1. The van der Waals surface area contributed by atoms with E-state index >= 15 is 0 Å². The molecule has 0 radical (unpaired) electrons. The van der Waals surface area contributed by atoms with Crippen LogP contribution in [-0.4, -0.2) is 12.6 Å². The zero-order chi connectivity index (χ0) is 16.6. The average molecular weight is 333 g/mol. The Labute approximate surface area is 136 Å². The number of carbonyl (C=O) groups is 1. The van der Waals surface area contributed by atoms with Crippen LogP contribution in [0.25, 0.3) is 0 Å². The first-order chi connectivity index (χ1) is 11.0. The fraction of sp³-hybridized carbons (Fsp3) is 0.250. The van der Waals surface area contributed by atoms with Crippen molar-refractivity contribution in [3.8, 4) is 5.75 Å². The van der Waals surface area contributed by atoms with E-state index in [9.17, 15) is 9.59 Å². The fourth-order valence-corrected chi connectivity index (χ4v) is 3.41. The average Bonchev–Trinajstić information content (AvgIpc) is 2.99. The molecular formula is C16H15NO5S. The van der Waals surface area contributed by atoms with Crippen LogP contribution in [0.4, 0.5) is 0 Å². The molecule has 23 heavy (non-hydrogen) atoms. The molecule has 0 aromatic carbocycles. The van der Waals surface area contributed by atoms with E-state index in [-0.39, 0.29) is 23.6 Å². The van der Waals surface area contributed by atoms with E-state index in [1.54, 1.807) is 19.9 Å². The smallest absolute Gasteiger partial charge is 0.343 e. The summed E-state index contributed by atoms with van der Waals surface area (Å²) in [5.41, 5.74) is 5.78. The highest BCUT2D eigenvalue weighted by Crippen LogP contribution is 2.42. The van der Waals surface area contributed by atoms with Gasteiger partial charge in [-0.1, -0.05) is 6.07 Å². The van der Waals surface area contributed by atoms with E-state index in [1.165, 1.54) is 11.3 Å². The molecule has 0 bridgehead atoms. The Morgan fingerprint density at radius 1 is 1.48 bits per heavy atom. The molecule has 0 aliphatic carbocycles. The van der Waals surface area contributed by atoms with Gasteiger partial charge in [-0.25, -0.2) is 9.59 Å². The monoisotopic (exact) mass is 333 g/mol. The van der Waals surface area contributed by atoms with Crippen molar-refractivity contribution in [2.24, 2.45) is 5.73 Å². The molecule has 0 saturated heterocycles. The van der Waals surface area contributed by atoms with Crippen molar-refractivity contribution in [2.45, 2.75) is 19.8 Å². The van der Waals surface area contributed by atoms with Gasteiger partial charge in [-0.15, -0.1) is 11.3 Å². The number of hydrogen-bond acceptors (Lipinski definition) is 7. The molecule has 2 aromatic rings. The van der Waals surface area contributed by atoms with E-state index in [2.05, 4.69) is 0 Å². The predicted molar refractivity (Wildman–Crippen MR) is 84.4 cm³/mol. The second kappa shape index (κ2) is 5.92. The van der Waals surface area contributed by atoms with E-state index in [4.69, 9.17) is 19.6 Å². The fourth-order valence-electron chi connectivity index (χ4n) is 2.57. The van der Waals surface area contributed by atoms with Crippen molar-refractivity contribution < 1.29 is 18.7 Å². The second-order valence-electron chi connectivity index (χ2n) is 4.97. The Kier molecular flexibility index (Phi) is 3.96. The lowest BCUT2D eigenvalue weighted by Crippen LogP contribution is -2.30.